The van der Waals surface area contributed by atoms with E-state index >= 15 is 0 Å². The molecule has 0 fully saturated rings. The van der Waals surface area contributed by atoms with Gasteiger partial charge in [0.15, 0.2) is 0 Å². The smallest absolute Gasteiger partial charge is 0.212 e. The fourth-order valence-corrected chi connectivity index (χ4v) is 2.08. The van der Waals surface area contributed by atoms with Gasteiger partial charge in [0, 0.05) is 18.0 Å². The minimum absolute atomic E-state index is 0.180. The van der Waals surface area contributed by atoms with Crippen LogP contribution >= 0.6 is 0 Å². The molecule has 1 aromatic heterocycles. The number of hydrogen-bond acceptors (Lipinski definition) is 2. The van der Waals surface area contributed by atoms with Crippen LogP contribution in [0.5, 0.6) is 0 Å². The van der Waals surface area contributed by atoms with Gasteiger partial charge in [0.05, 0.1) is 11.4 Å². The van der Waals surface area contributed by atoms with Crippen LogP contribution < -0.4 is 5.32 Å². The molecule has 106 valence electrons. The molecule has 0 amide bonds. The molecule has 1 N–H and O–H groups in total. The molecular formula is C16H13F2N3. The summed E-state index contributed by atoms with van der Waals surface area (Å²) in [5.41, 5.74) is 1.88. The number of nitrogens with zero attached hydrogens (tertiary/aromatic N) is 2. The third-order valence-corrected chi connectivity index (χ3v) is 3.04. The first-order valence-electron chi connectivity index (χ1n) is 6.47. The highest BCUT2D eigenvalue weighted by Gasteiger charge is 2.10. The summed E-state index contributed by atoms with van der Waals surface area (Å²) in [6, 6.07) is 13.0. The largest absolute Gasteiger partial charge is 0.323 e. The zero-order chi connectivity index (χ0) is 14.8. The number of halogens is 2. The molecule has 0 spiro atoms. The fraction of sp³-hybridized carbons (Fsp3) is 0.0625. The van der Waals surface area contributed by atoms with Crippen LogP contribution in [0.15, 0.2) is 54.7 Å². The predicted octanol–water partition coefficient (Wildman–Crippen LogP) is 4.20. The van der Waals surface area contributed by atoms with Crippen molar-refractivity contribution in [1.82, 2.24) is 9.55 Å². The summed E-state index contributed by atoms with van der Waals surface area (Å²) in [4.78, 5) is 4.34. The Hall–Kier alpha value is -2.69. The number of hydrogen-bond donors (Lipinski definition) is 1. The number of imidazole rings is 1. The lowest BCUT2D eigenvalue weighted by atomic mass is 10.3. The van der Waals surface area contributed by atoms with Crippen molar-refractivity contribution in [2.45, 2.75) is 6.92 Å². The molecule has 0 saturated heterocycles. The number of anilines is 2. The summed E-state index contributed by atoms with van der Waals surface area (Å²) in [6.07, 6.45) is 1.85. The number of benzene rings is 2. The molecular weight excluding hydrogens is 272 g/mol. The molecule has 0 unspecified atom stereocenters. The van der Waals surface area contributed by atoms with Gasteiger partial charge in [-0.2, -0.15) is 0 Å². The quantitative estimate of drug-likeness (QED) is 0.781. The van der Waals surface area contributed by atoms with Crippen LogP contribution in [0.3, 0.4) is 0 Å². The zero-order valence-corrected chi connectivity index (χ0v) is 11.3. The summed E-state index contributed by atoms with van der Waals surface area (Å²) in [5.74, 6) is -0.792. The number of nitrogens with one attached hydrogen (secondary N) is 1. The molecule has 3 nitrogen and oxygen atoms in total. The molecule has 0 atom stereocenters. The maximum Gasteiger partial charge on any atom is 0.212 e. The Labute approximate surface area is 120 Å². The van der Waals surface area contributed by atoms with Crippen molar-refractivity contribution < 1.29 is 8.78 Å². The minimum Gasteiger partial charge on any atom is -0.323 e. The van der Waals surface area contributed by atoms with Crippen LogP contribution in [0.4, 0.5) is 20.4 Å². The van der Waals surface area contributed by atoms with Gasteiger partial charge < -0.3 is 5.32 Å². The molecule has 5 heteroatoms. The number of para-hydroxylation sites is 1. The van der Waals surface area contributed by atoms with E-state index in [1.165, 1.54) is 12.1 Å². The van der Waals surface area contributed by atoms with E-state index in [0.717, 1.165) is 17.4 Å². The summed E-state index contributed by atoms with van der Waals surface area (Å²) < 4.78 is 28.5. The van der Waals surface area contributed by atoms with Crippen LogP contribution in [0.2, 0.25) is 0 Å². The molecule has 1 heterocycles. The Kier molecular flexibility index (Phi) is 3.39. The maximum atomic E-state index is 13.7. The van der Waals surface area contributed by atoms with Crippen LogP contribution in [0.25, 0.3) is 5.69 Å². The third-order valence-electron chi connectivity index (χ3n) is 3.04. The molecule has 21 heavy (non-hydrogen) atoms. The summed E-state index contributed by atoms with van der Waals surface area (Å²) >= 11 is 0. The topological polar surface area (TPSA) is 29.9 Å². The number of aromatic nitrogens is 2. The van der Waals surface area contributed by atoms with E-state index in [1.807, 2.05) is 48.0 Å². The second-order valence-electron chi connectivity index (χ2n) is 4.66. The summed E-state index contributed by atoms with van der Waals surface area (Å²) in [5, 5.41) is 2.90. The molecule has 2 aromatic carbocycles. The maximum absolute atomic E-state index is 13.7. The van der Waals surface area contributed by atoms with Crippen LogP contribution in [-0.4, -0.2) is 9.55 Å². The van der Waals surface area contributed by atoms with Gasteiger partial charge in [-0.05, 0) is 31.2 Å². The summed E-state index contributed by atoms with van der Waals surface area (Å²) in [7, 11) is 0. The standard InChI is InChI=1S/C16H13F2N3/c1-11-10-21(13-5-3-2-4-6-13)16(19-11)20-15-8-7-12(17)9-14(15)18/h2-10H,1H3,(H,19,20). The lowest BCUT2D eigenvalue weighted by molar-refractivity contribution is 0.586. The van der Waals surface area contributed by atoms with Gasteiger partial charge in [-0.1, -0.05) is 18.2 Å². The first-order valence-corrected chi connectivity index (χ1v) is 6.47. The first-order chi connectivity index (χ1) is 10.1. The zero-order valence-electron chi connectivity index (χ0n) is 11.3. The SMILES string of the molecule is Cc1cn(-c2ccccc2)c(Nc2ccc(F)cc2F)n1. The van der Waals surface area contributed by atoms with Crippen LogP contribution in [0, 0.1) is 18.6 Å². The van der Waals surface area contributed by atoms with Gasteiger partial charge in [0.2, 0.25) is 5.95 Å². The Balaban J connectivity index is 2.00. The van der Waals surface area contributed by atoms with Crippen molar-refractivity contribution in [2.75, 3.05) is 5.32 Å². The van der Waals surface area contributed by atoms with Gasteiger partial charge in [0.1, 0.15) is 11.6 Å². The van der Waals surface area contributed by atoms with Crippen LogP contribution in [-0.2, 0) is 0 Å². The average molecular weight is 285 g/mol. The normalized spacial score (nSPS) is 10.6. The molecule has 0 aliphatic heterocycles. The van der Waals surface area contributed by atoms with E-state index in [4.69, 9.17) is 0 Å². The van der Waals surface area contributed by atoms with Gasteiger partial charge in [-0.3, -0.25) is 4.57 Å². The highest BCUT2D eigenvalue weighted by Crippen LogP contribution is 2.23. The van der Waals surface area contributed by atoms with Crippen molar-refractivity contribution in [3.8, 4) is 5.69 Å². The molecule has 0 saturated carbocycles. The number of rotatable bonds is 3. The van der Waals surface area contributed by atoms with Crippen LogP contribution in [0.1, 0.15) is 5.69 Å². The lowest BCUT2D eigenvalue weighted by Gasteiger charge is -2.10. The van der Waals surface area contributed by atoms with Gasteiger partial charge in [0.25, 0.3) is 0 Å². The lowest BCUT2D eigenvalue weighted by Crippen LogP contribution is -2.02. The van der Waals surface area contributed by atoms with Crippen molar-refractivity contribution >= 4 is 11.6 Å². The van der Waals surface area contributed by atoms with Gasteiger partial charge >= 0.3 is 0 Å². The van der Waals surface area contributed by atoms with Gasteiger partial charge in [-0.15, -0.1) is 0 Å². The van der Waals surface area contributed by atoms with Crippen molar-refractivity contribution in [2.24, 2.45) is 0 Å². The highest BCUT2D eigenvalue weighted by atomic mass is 19.1. The highest BCUT2D eigenvalue weighted by molar-refractivity contribution is 5.57. The van der Waals surface area contributed by atoms with E-state index in [2.05, 4.69) is 10.3 Å². The molecule has 3 rings (SSSR count). The fourth-order valence-electron chi connectivity index (χ4n) is 2.08. The Morgan fingerprint density at radius 3 is 2.52 bits per heavy atom. The minimum atomic E-state index is -0.657. The van der Waals surface area contributed by atoms with Gasteiger partial charge in [-0.25, -0.2) is 13.8 Å². The third kappa shape index (κ3) is 2.76. The van der Waals surface area contributed by atoms with Crippen molar-refractivity contribution in [3.05, 3.63) is 72.1 Å². The molecule has 0 radical (unpaired) electrons. The second-order valence-corrected chi connectivity index (χ2v) is 4.66. The first kappa shape index (κ1) is 13.3. The van der Waals surface area contributed by atoms with Crippen molar-refractivity contribution in [3.63, 3.8) is 0 Å². The Morgan fingerprint density at radius 1 is 1.05 bits per heavy atom. The van der Waals surface area contributed by atoms with E-state index < -0.39 is 11.6 Å². The summed E-state index contributed by atoms with van der Waals surface area (Å²) in [6.45, 7) is 1.85. The van der Waals surface area contributed by atoms with E-state index in [0.29, 0.717) is 5.95 Å². The monoisotopic (exact) mass is 285 g/mol. The van der Waals surface area contributed by atoms with E-state index in [1.54, 1.807) is 0 Å². The van der Waals surface area contributed by atoms with Crippen molar-refractivity contribution in [1.29, 1.82) is 0 Å². The average Bonchev–Trinajstić information content (AvgIpc) is 2.84. The van der Waals surface area contributed by atoms with E-state index in [9.17, 15) is 8.78 Å². The second kappa shape index (κ2) is 5.36. The number of aryl methyl sites for hydroxylation is 1. The Morgan fingerprint density at radius 2 is 1.81 bits per heavy atom. The van der Waals surface area contributed by atoms with E-state index in [-0.39, 0.29) is 5.69 Å². The molecule has 3 aromatic rings. The molecule has 0 bridgehead atoms. The molecule has 0 aliphatic carbocycles. The molecule has 0 aliphatic rings. The Bertz CT molecular complexity index is 766. The predicted molar refractivity (Wildman–Crippen MR) is 77.9 cm³/mol.